The van der Waals surface area contributed by atoms with Crippen LogP contribution in [0.2, 0.25) is 0 Å². The molecule has 1 aromatic carbocycles. The molecule has 0 spiro atoms. The predicted octanol–water partition coefficient (Wildman–Crippen LogP) is 2.52. The zero-order valence-electron chi connectivity index (χ0n) is 14.7. The number of likely N-dealkylation sites (N-methyl/N-ethyl adjacent to an activating group) is 1. The Balaban J connectivity index is 1.81. The molecule has 0 N–H and O–H groups in total. The van der Waals surface area contributed by atoms with E-state index in [1.807, 2.05) is 43.1 Å². The first-order valence-corrected chi connectivity index (χ1v) is 8.56. The lowest BCUT2D eigenvalue weighted by Crippen LogP contribution is -2.44. The number of carbonyl (C=O) groups is 1. The fourth-order valence-electron chi connectivity index (χ4n) is 3.03. The Kier molecular flexibility index (Phi) is 4.12. The van der Waals surface area contributed by atoms with E-state index in [0.29, 0.717) is 42.8 Å². The second-order valence-corrected chi connectivity index (χ2v) is 6.03. The molecule has 7 nitrogen and oxygen atoms in total. The SMILES string of the molecule is CCOc1ncccc1C(=O)N1CCN(C)c2nc3ccccc3nc21. The number of aromatic nitrogens is 3. The van der Waals surface area contributed by atoms with Crippen LogP contribution < -0.4 is 14.5 Å². The highest BCUT2D eigenvalue weighted by atomic mass is 16.5. The van der Waals surface area contributed by atoms with Crippen LogP contribution >= 0.6 is 0 Å². The lowest BCUT2D eigenvalue weighted by Gasteiger charge is -2.33. The Labute approximate surface area is 151 Å². The smallest absolute Gasteiger partial charge is 0.265 e. The Hall–Kier alpha value is -3.22. The first kappa shape index (κ1) is 16.3. The molecule has 0 radical (unpaired) electrons. The molecule has 0 unspecified atom stereocenters. The van der Waals surface area contributed by atoms with Gasteiger partial charge in [-0.2, -0.15) is 0 Å². The van der Waals surface area contributed by atoms with E-state index in [-0.39, 0.29) is 5.91 Å². The van der Waals surface area contributed by atoms with E-state index in [2.05, 4.69) is 4.98 Å². The van der Waals surface area contributed by atoms with Crippen molar-refractivity contribution in [2.24, 2.45) is 0 Å². The summed E-state index contributed by atoms with van der Waals surface area (Å²) in [5.41, 5.74) is 2.00. The van der Waals surface area contributed by atoms with Gasteiger partial charge in [-0.3, -0.25) is 9.69 Å². The Morgan fingerprint density at radius 2 is 1.81 bits per heavy atom. The van der Waals surface area contributed by atoms with E-state index < -0.39 is 0 Å². The molecule has 3 heterocycles. The topological polar surface area (TPSA) is 71.5 Å². The van der Waals surface area contributed by atoms with Gasteiger partial charge < -0.3 is 9.64 Å². The van der Waals surface area contributed by atoms with E-state index in [4.69, 9.17) is 14.7 Å². The molecule has 1 aliphatic heterocycles. The first-order chi connectivity index (χ1) is 12.7. The minimum Gasteiger partial charge on any atom is -0.477 e. The highest BCUT2D eigenvalue weighted by Crippen LogP contribution is 2.32. The van der Waals surface area contributed by atoms with Crippen molar-refractivity contribution in [1.29, 1.82) is 0 Å². The van der Waals surface area contributed by atoms with Crippen molar-refractivity contribution in [2.45, 2.75) is 6.92 Å². The van der Waals surface area contributed by atoms with E-state index >= 15 is 0 Å². The third-order valence-corrected chi connectivity index (χ3v) is 4.34. The van der Waals surface area contributed by atoms with Gasteiger partial charge in [-0.05, 0) is 31.2 Å². The average Bonchev–Trinajstić information content (AvgIpc) is 2.67. The molecule has 26 heavy (non-hydrogen) atoms. The molecule has 0 atom stereocenters. The number of anilines is 2. The maximum absolute atomic E-state index is 13.2. The van der Waals surface area contributed by atoms with E-state index in [9.17, 15) is 4.79 Å². The molecule has 4 rings (SSSR count). The van der Waals surface area contributed by atoms with Crippen molar-refractivity contribution in [3.8, 4) is 5.88 Å². The summed E-state index contributed by atoms with van der Waals surface area (Å²) in [6.07, 6.45) is 1.62. The van der Waals surface area contributed by atoms with Crippen molar-refractivity contribution in [3.63, 3.8) is 0 Å². The molecule has 0 aliphatic carbocycles. The maximum Gasteiger partial charge on any atom is 0.265 e. The summed E-state index contributed by atoms with van der Waals surface area (Å²) in [5, 5.41) is 0. The number of ether oxygens (including phenoxy) is 1. The fourth-order valence-corrected chi connectivity index (χ4v) is 3.03. The molecule has 1 amide bonds. The number of amides is 1. The summed E-state index contributed by atoms with van der Waals surface area (Å²) < 4.78 is 5.52. The number of rotatable bonds is 3. The van der Waals surface area contributed by atoms with Crippen molar-refractivity contribution in [1.82, 2.24) is 15.0 Å². The minimum atomic E-state index is -0.180. The molecule has 3 aromatic rings. The highest BCUT2D eigenvalue weighted by molar-refractivity contribution is 6.09. The summed E-state index contributed by atoms with van der Waals surface area (Å²) in [6, 6.07) is 11.1. The molecule has 0 bridgehead atoms. The Morgan fingerprint density at radius 1 is 1.08 bits per heavy atom. The van der Waals surface area contributed by atoms with Gasteiger partial charge in [-0.1, -0.05) is 12.1 Å². The minimum absolute atomic E-state index is 0.180. The number of carbonyl (C=O) groups excluding carboxylic acids is 1. The number of nitrogens with zero attached hydrogens (tertiary/aromatic N) is 5. The van der Waals surface area contributed by atoms with E-state index in [1.165, 1.54) is 0 Å². The van der Waals surface area contributed by atoms with Crippen molar-refractivity contribution < 1.29 is 9.53 Å². The summed E-state index contributed by atoms with van der Waals surface area (Å²) in [5.74, 6) is 1.42. The summed E-state index contributed by atoms with van der Waals surface area (Å²) in [7, 11) is 1.96. The van der Waals surface area contributed by atoms with Crippen LogP contribution in [0.25, 0.3) is 11.0 Å². The fraction of sp³-hybridized carbons (Fsp3) is 0.263. The van der Waals surface area contributed by atoms with Gasteiger partial charge in [0, 0.05) is 26.3 Å². The first-order valence-electron chi connectivity index (χ1n) is 8.56. The number of benzene rings is 1. The van der Waals surface area contributed by atoms with Crippen LogP contribution in [-0.4, -0.2) is 47.6 Å². The van der Waals surface area contributed by atoms with Gasteiger partial charge >= 0.3 is 0 Å². The lowest BCUT2D eigenvalue weighted by atomic mass is 10.2. The number of para-hydroxylation sites is 2. The van der Waals surface area contributed by atoms with Gasteiger partial charge in [-0.25, -0.2) is 15.0 Å². The van der Waals surface area contributed by atoms with Gasteiger partial charge in [0.25, 0.3) is 5.91 Å². The van der Waals surface area contributed by atoms with Gasteiger partial charge in [0.1, 0.15) is 5.56 Å². The van der Waals surface area contributed by atoms with Crippen LogP contribution in [0.1, 0.15) is 17.3 Å². The van der Waals surface area contributed by atoms with Gasteiger partial charge in [-0.15, -0.1) is 0 Å². The van der Waals surface area contributed by atoms with Crippen LogP contribution in [0.15, 0.2) is 42.6 Å². The molecule has 1 aliphatic rings. The Morgan fingerprint density at radius 3 is 2.54 bits per heavy atom. The standard InChI is InChI=1S/C19H19N5O2/c1-3-26-18-13(7-6-10-20-18)19(25)24-12-11-23(2)16-17(24)22-15-9-5-4-8-14(15)21-16/h4-10H,3,11-12H2,1-2H3. The summed E-state index contributed by atoms with van der Waals surface area (Å²) in [6.45, 7) is 3.51. The predicted molar refractivity (Wildman–Crippen MR) is 99.9 cm³/mol. The molecular weight excluding hydrogens is 330 g/mol. The zero-order chi connectivity index (χ0) is 18.1. The van der Waals surface area contributed by atoms with Crippen LogP contribution in [0.3, 0.4) is 0 Å². The van der Waals surface area contributed by atoms with Crippen molar-refractivity contribution in [2.75, 3.05) is 36.5 Å². The number of fused-ring (bicyclic) bond motifs is 2. The zero-order valence-corrected chi connectivity index (χ0v) is 14.7. The van der Waals surface area contributed by atoms with Gasteiger partial charge in [0.15, 0.2) is 11.6 Å². The lowest BCUT2D eigenvalue weighted by molar-refractivity contribution is 0.0981. The highest BCUT2D eigenvalue weighted by Gasteiger charge is 2.30. The third-order valence-electron chi connectivity index (χ3n) is 4.34. The largest absolute Gasteiger partial charge is 0.477 e. The second-order valence-electron chi connectivity index (χ2n) is 6.03. The maximum atomic E-state index is 13.2. The quantitative estimate of drug-likeness (QED) is 0.724. The monoisotopic (exact) mass is 349 g/mol. The van der Waals surface area contributed by atoms with E-state index in [1.54, 1.807) is 23.2 Å². The molecular formula is C19H19N5O2. The van der Waals surface area contributed by atoms with Crippen LogP contribution in [-0.2, 0) is 0 Å². The third kappa shape index (κ3) is 2.71. The number of pyridine rings is 1. The van der Waals surface area contributed by atoms with Crippen LogP contribution in [0, 0.1) is 0 Å². The number of hydrogen-bond acceptors (Lipinski definition) is 6. The van der Waals surface area contributed by atoms with Crippen LogP contribution in [0.4, 0.5) is 11.6 Å². The van der Waals surface area contributed by atoms with Crippen molar-refractivity contribution >= 4 is 28.6 Å². The molecule has 7 heteroatoms. The van der Waals surface area contributed by atoms with E-state index in [0.717, 1.165) is 11.0 Å². The molecule has 0 saturated heterocycles. The second kappa shape index (κ2) is 6.59. The Bertz CT molecular complexity index is 975. The van der Waals surface area contributed by atoms with Gasteiger partial charge in [0.05, 0.1) is 17.6 Å². The normalized spacial score (nSPS) is 13.6. The van der Waals surface area contributed by atoms with Crippen molar-refractivity contribution in [3.05, 3.63) is 48.2 Å². The average molecular weight is 349 g/mol. The molecule has 2 aromatic heterocycles. The molecule has 0 fully saturated rings. The summed E-state index contributed by atoms with van der Waals surface area (Å²) >= 11 is 0. The molecule has 0 saturated carbocycles. The van der Waals surface area contributed by atoms with Gasteiger partial charge in [0.2, 0.25) is 5.88 Å². The summed E-state index contributed by atoms with van der Waals surface area (Å²) in [4.78, 5) is 30.5. The van der Waals surface area contributed by atoms with Crippen LogP contribution in [0.5, 0.6) is 5.88 Å². The molecule has 132 valence electrons. The number of hydrogen-bond donors (Lipinski definition) is 0.